The van der Waals surface area contributed by atoms with Gasteiger partial charge in [0.2, 0.25) is 11.8 Å². The Morgan fingerprint density at radius 3 is 2.67 bits per heavy atom. The minimum absolute atomic E-state index is 0.0380. The second-order valence-corrected chi connectivity index (χ2v) is 9.57. The van der Waals surface area contributed by atoms with Crippen molar-refractivity contribution in [3.63, 3.8) is 0 Å². The number of likely N-dealkylation sites (N-methyl/N-ethyl adjacent to an activating group) is 1. The number of fused-ring (bicyclic) bond motifs is 2. The van der Waals surface area contributed by atoms with Gasteiger partial charge in [0.05, 0.1) is 24.1 Å². The number of hydrogen-bond acceptors (Lipinski definition) is 5. The Morgan fingerprint density at radius 2 is 1.91 bits per heavy atom. The molecule has 3 atom stereocenters. The highest BCUT2D eigenvalue weighted by molar-refractivity contribution is 5.99. The van der Waals surface area contributed by atoms with Crippen LogP contribution >= 0.6 is 0 Å². The number of ether oxygens (including phenoxy) is 2. The lowest BCUT2D eigenvalue weighted by Gasteiger charge is -2.42. The Kier molecular flexibility index (Phi) is 7.53. The van der Waals surface area contributed by atoms with E-state index in [1.54, 1.807) is 30.1 Å². The van der Waals surface area contributed by atoms with Gasteiger partial charge in [0, 0.05) is 26.2 Å². The molecule has 1 saturated heterocycles. The topological polar surface area (TPSA) is 97.0 Å². The molecular weight excluding hydrogens is 422 g/mol. The Morgan fingerprint density at radius 1 is 1.12 bits per heavy atom. The van der Waals surface area contributed by atoms with Crippen molar-refractivity contribution in [2.45, 2.75) is 76.5 Å². The molecule has 33 heavy (non-hydrogen) atoms. The lowest BCUT2D eigenvalue weighted by Crippen LogP contribution is -2.54. The van der Waals surface area contributed by atoms with Crippen molar-refractivity contribution in [1.29, 1.82) is 0 Å². The van der Waals surface area contributed by atoms with E-state index in [2.05, 4.69) is 10.6 Å². The van der Waals surface area contributed by atoms with E-state index in [1.165, 1.54) is 39.0 Å². The summed E-state index contributed by atoms with van der Waals surface area (Å²) >= 11 is 0. The van der Waals surface area contributed by atoms with E-state index < -0.39 is 0 Å². The first-order valence-electron chi connectivity index (χ1n) is 12.1. The molecule has 0 radical (unpaired) electrons. The first-order valence-corrected chi connectivity index (χ1v) is 12.1. The van der Waals surface area contributed by atoms with E-state index in [1.807, 2.05) is 0 Å². The maximum atomic E-state index is 13.2. The molecule has 1 aromatic rings. The molecule has 2 fully saturated rings. The van der Waals surface area contributed by atoms with Crippen LogP contribution in [0.1, 0.15) is 68.6 Å². The van der Waals surface area contributed by atoms with Crippen LogP contribution in [0.4, 0.5) is 5.69 Å². The number of amides is 3. The molecule has 8 heteroatoms. The van der Waals surface area contributed by atoms with Crippen molar-refractivity contribution in [2.24, 2.45) is 5.92 Å². The van der Waals surface area contributed by atoms with Gasteiger partial charge in [-0.15, -0.1) is 0 Å². The maximum absolute atomic E-state index is 13.2. The lowest BCUT2D eigenvalue weighted by atomic mass is 9.89. The molecule has 0 bridgehead atoms. The smallest absolute Gasteiger partial charge is 0.257 e. The molecule has 8 nitrogen and oxygen atoms in total. The van der Waals surface area contributed by atoms with Crippen molar-refractivity contribution in [3.05, 3.63) is 23.8 Å². The van der Waals surface area contributed by atoms with Crippen LogP contribution in [0.15, 0.2) is 18.2 Å². The molecule has 0 spiro atoms. The normalized spacial score (nSPS) is 25.7. The van der Waals surface area contributed by atoms with Gasteiger partial charge in [-0.3, -0.25) is 14.4 Å². The third-order valence-corrected chi connectivity index (χ3v) is 7.06. The third kappa shape index (κ3) is 5.85. The third-order valence-electron chi connectivity index (χ3n) is 7.06. The average Bonchev–Trinajstić information content (AvgIpc) is 2.81. The van der Waals surface area contributed by atoms with Crippen molar-refractivity contribution in [3.8, 4) is 5.75 Å². The predicted molar refractivity (Wildman–Crippen MR) is 124 cm³/mol. The van der Waals surface area contributed by atoms with E-state index in [0.717, 1.165) is 13.0 Å². The molecule has 1 saturated carbocycles. The summed E-state index contributed by atoms with van der Waals surface area (Å²) in [5.74, 6) is 0.743. The summed E-state index contributed by atoms with van der Waals surface area (Å²) < 4.78 is 12.2. The number of nitrogens with one attached hydrogen (secondary N) is 2. The second kappa shape index (κ2) is 10.5. The number of nitrogens with zero attached hydrogens (tertiary/aromatic N) is 1. The standard InChI is InChI=1S/C25H35N3O5/c1-16(29)27-18-8-11-22-20(12-18)25(31)28(2)21-10-9-19(33-23(21)15-32-22)13-24(30)26-14-17-6-4-3-5-7-17/h8,11-12,17,19,21,23H,3-7,9-10,13-15H2,1-2H3,(H,26,30)(H,27,29)/t19-,21+,23-/m1/s1. The molecular formula is C25H35N3O5. The molecule has 1 aromatic carbocycles. The van der Waals surface area contributed by atoms with Gasteiger partial charge in [-0.1, -0.05) is 19.3 Å². The Balaban J connectivity index is 1.36. The summed E-state index contributed by atoms with van der Waals surface area (Å²) in [6.45, 7) is 2.49. The van der Waals surface area contributed by atoms with Gasteiger partial charge >= 0.3 is 0 Å². The molecule has 3 aliphatic rings. The number of anilines is 1. The molecule has 180 valence electrons. The van der Waals surface area contributed by atoms with Crippen LogP contribution in [0.5, 0.6) is 5.75 Å². The van der Waals surface area contributed by atoms with Gasteiger partial charge in [-0.25, -0.2) is 0 Å². The minimum Gasteiger partial charge on any atom is -0.490 e. The number of rotatable bonds is 5. The van der Waals surface area contributed by atoms with Gasteiger partial charge in [0.25, 0.3) is 5.91 Å². The monoisotopic (exact) mass is 457 g/mol. The molecule has 3 amide bonds. The summed E-state index contributed by atoms with van der Waals surface area (Å²) in [6.07, 6.45) is 7.57. The van der Waals surface area contributed by atoms with Crippen molar-refractivity contribution in [2.75, 3.05) is 25.5 Å². The molecule has 0 aromatic heterocycles. The highest BCUT2D eigenvalue weighted by Crippen LogP contribution is 2.32. The fourth-order valence-electron chi connectivity index (χ4n) is 5.24. The molecule has 2 aliphatic heterocycles. The zero-order chi connectivity index (χ0) is 23.4. The van der Waals surface area contributed by atoms with Gasteiger partial charge < -0.3 is 25.0 Å². The van der Waals surface area contributed by atoms with E-state index in [0.29, 0.717) is 42.4 Å². The Bertz CT molecular complexity index is 883. The van der Waals surface area contributed by atoms with Crippen LogP contribution in [0.25, 0.3) is 0 Å². The van der Waals surface area contributed by atoms with Crippen molar-refractivity contribution >= 4 is 23.4 Å². The van der Waals surface area contributed by atoms with Gasteiger partial charge in [0.15, 0.2) is 0 Å². The minimum atomic E-state index is -0.299. The molecule has 4 rings (SSSR count). The van der Waals surface area contributed by atoms with Crippen LogP contribution in [0, 0.1) is 5.92 Å². The van der Waals surface area contributed by atoms with Crippen LogP contribution in [-0.4, -0.2) is 61.1 Å². The number of carbonyl (C=O) groups is 3. The van der Waals surface area contributed by atoms with E-state index >= 15 is 0 Å². The van der Waals surface area contributed by atoms with Crippen molar-refractivity contribution < 1.29 is 23.9 Å². The summed E-state index contributed by atoms with van der Waals surface area (Å²) in [5.41, 5.74) is 0.981. The molecule has 1 aliphatic carbocycles. The van der Waals surface area contributed by atoms with Crippen LogP contribution in [0.2, 0.25) is 0 Å². The molecule has 0 unspecified atom stereocenters. The SMILES string of the molecule is CC(=O)Nc1ccc2c(c1)C(=O)N(C)[C@H]1CC[C@H](CC(=O)NCC3CCCCC3)O[C@@H]1CO2. The van der Waals surface area contributed by atoms with Gasteiger partial charge in [-0.05, 0) is 49.8 Å². The number of carbonyl (C=O) groups excluding carboxylic acids is 3. The summed E-state index contributed by atoms with van der Waals surface area (Å²) in [7, 11) is 1.78. The van der Waals surface area contributed by atoms with Gasteiger partial charge in [-0.2, -0.15) is 0 Å². The second-order valence-electron chi connectivity index (χ2n) is 9.57. The summed E-state index contributed by atoms with van der Waals surface area (Å²) in [4.78, 5) is 38.8. The van der Waals surface area contributed by atoms with E-state index in [4.69, 9.17) is 9.47 Å². The summed E-state index contributed by atoms with van der Waals surface area (Å²) in [6, 6.07) is 4.94. The fraction of sp³-hybridized carbons (Fsp3) is 0.640. The van der Waals surface area contributed by atoms with Crippen LogP contribution in [-0.2, 0) is 14.3 Å². The number of benzene rings is 1. The quantitative estimate of drug-likeness (QED) is 0.708. The van der Waals surface area contributed by atoms with Crippen molar-refractivity contribution in [1.82, 2.24) is 10.2 Å². The average molecular weight is 458 g/mol. The lowest BCUT2D eigenvalue weighted by molar-refractivity contribution is -0.134. The maximum Gasteiger partial charge on any atom is 0.257 e. The van der Waals surface area contributed by atoms with Crippen LogP contribution in [0.3, 0.4) is 0 Å². The Labute approximate surface area is 195 Å². The zero-order valence-corrected chi connectivity index (χ0v) is 19.6. The zero-order valence-electron chi connectivity index (χ0n) is 19.6. The van der Waals surface area contributed by atoms with Crippen LogP contribution < -0.4 is 15.4 Å². The highest BCUT2D eigenvalue weighted by atomic mass is 16.5. The van der Waals surface area contributed by atoms with Gasteiger partial charge in [0.1, 0.15) is 18.5 Å². The largest absolute Gasteiger partial charge is 0.490 e. The van der Waals surface area contributed by atoms with E-state index in [9.17, 15) is 14.4 Å². The number of hydrogen-bond donors (Lipinski definition) is 2. The first kappa shape index (κ1) is 23.5. The fourth-order valence-corrected chi connectivity index (χ4v) is 5.24. The highest BCUT2D eigenvalue weighted by Gasteiger charge is 2.39. The Hall–Kier alpha value is -2.61. The first-order chi connectivity index (χ1) is 15.9. The summed E-state index contributed by atoms with van der Waals surface area (Å²) in [5, 5.41) is 5.81. The molecule has 2 N–H and O–H groups in total. The predicted octanol–water partition coefficient (Wildman–Crippen LogP) is 3.11. The van der Waals surface area contributed by atoms with E-state index in [-0.39, 0.29) is 36.0 Å². The molecule has 2 heterocycles.